The molecule has 1 aromatic carbocycles. The Bertz CT molecular complexity index is 1270. The second kappa shape index (κ2) is 8.91. The predicted octanol–water partition coefficient (Wildman–Crippen LogP) is 4.89. The zero-order valence-corrected chi connectivity index (χ0v) is 18.6. The molecule has 166 valence electrons. The van der Waals surface area contributed by atoms with E-state index in [0.717, 1.165) is 11.5 Å². The van der Waals surface area contributed by atoms with Crippen LogP contribution in [0.5, 0.6) is 0 Å². The van der Waals surface area contributed by atoms with Gasteiger partial charge < -0.3 is 23.8 Å². The van der Waals surface area contributed by atoms with Crippen LogP contribution >= 0.6 is 12.2 Å². The second-order valence-corrected chi connectivity index (χ2v) is 7.96. The number of ether oxygens (including phenoxy) is 1. The summed E-state index contributed by atoms with van der Waals surface area (Å²) in [4.78, 5) is 18.8. The van der Waals surface area contributed by atoms with Crippen molar-refractivity contribution in [2.45, 2.75) is 18.6 Å². The number of hydrogen-bond donors (Lipinski definition) is 1. The molecular formula is C25H21N3O4S. The number of nitrogens with zero attached hydrogens (tertiary/aromatic N) is 2. The Morgan fingerprint density at radius 2 is 1.97 bits per heavy atom. The largest absolute Gasteiger partial charge is 0.467 e. The molecule has 1 aliphatic heterocycles. The maximum Gasteiger partial charge on any atom is 0.338 e. The standard InChI is InChI=1S/C25H21N3O4S/c1-30-24(29)18-9-3-2-8-17(18)20-11-12-21(32-20)23-22(19-10-4-5-13-26-19)27-25(33)28(23)15-16-7-6-14-31-16/h2-14,22-23H,15H2,1H3,(H,27,33)/t22-,23-/m0/s1. The van der Waals surface area contributed by atoms with Crippen LogP contribution in [0, 0.1) is 0 Å². The molecular weight excluding hydrogens is 438 g/mol. The lowest BCUT2D eigenvalue weighted by Gasteiger charge is -2.25. The van der Waals surface area contributed by atoms with Gasteiger partial charge in [-0.15, -0.1) is 0 Å². The van der Waals surface area contributed by atoms with Crippen LogP contribution in [0.15, 0.2) is 88.0 Å². The average molecular weight is 460 g/mol. The van der Waals surface area contributed by atoms with Gasteiger partial charge in [0.05, 0.1) is 37.2 Å². The fourth-order valence-corrected chi connectivity index (χ4v) is 4.40. The number of benzene rings is 1. The number of carbonyl (C=O) groups excluding carboxylic acids is 1. The maximum absolute atomic E-state index is 12.3. The molecule has 0 unspecified atom stereocenters. The molecule has 1 fully saturated rings. The smallest absolute Gasteiger partial charge is 0.338 e. The van der Waals surface area contributed by atoms with Crippen molar-refractivity contribution in [1.29, 1.82) is 0 Å². The van der Waals surface area contributed by atoms with Gasteiger partial charge in [0.2, 0.25) is 0 Å². The van der Waals surface area contributed by atoms with E-state index in [1.165, 1.54) is 7.11 Å². The van der Waals surface area contributed by atoms with Gasteiger partial charge in [-0.3, -0.25) is 4.98 Å². The minimum atomic E-state index is -0.418. The van der Waals surface area contributed by atoms with Crippen LogP contribution in [-0.2, 0) is 11.3 Å². The van der Waals surface area contributed by atoms with E-state index in [4.69, 9.17) is 25.8 Å². The Morgan fingerprint density at radius 1 is 1.12 bits per heavy atom. The highest BCUT2D eigenvalue weighted by Crippen LogP contribution is 2.41. The summed E-state index contributed by atoms with van der Waals surface area (Å²) in [5.41, 5.74) is 1.95. The van der Waals surface area contributed by atoms with Crippen LogP contribution in [0.1, 0.15) is 39.7 Å². The van der Waals surface area contributed by atoms with Crippen LogP contribution in [0.3, 0.4) is 0 Å². The molecule has 3 aromatic heterocycles. The Balaban J connectivity index is 1.55. The zero-order chi connectivity index (χ0) is 22.8. The van der Waals surface area contributed by atoms with E-state index < -0.39 is 5.97 Å². The predicted molar refractivity (Wildman–Crippen MR) is 125 cm³/mol. The van der Waals surface area contributed by atoms with E-state index in [1.54, 1.807) is 24.6 Å². The van der Waals surface area contributed by atoms with Gasteiger partial charge >= 0.3 is 5.97 Å². The Morgan fingerprint density at radius 3 is 2.73 bits per heavy atom. The van der Waals surface area contributed by atoms with Gasteiger partial charge in [-0.05, 0) is 54.7 Å². The van der Waals surface area contributed by atoms with E-state index in [-0.39, 0.29) is 12.1 Å². The third kappa shape index (κ3) is 4.01. The first-order valence-corrected chi connectivity index (χ1v) is 10.8. The van der Waals surface area contributed by atoms with Crippen molar-refractivity contribution in [2.75, 3.05) is 7.11 Å². The molecule has 0 amide bonds. The first kappa shape index (κ1) is 21.0. The fourth-order valence-electron chi connectivity index (χ4n) is 4.10. The lowest BCUT2D eigenvalue weighted by molar-refractivity contribution is 0.0601. The maximum atomic E-state index is 12.3. The van der Waals surface area contributed by atoms with Crippen LogP contribution in [0.2, 0.25) is 0 Å². The van der Waals surface area contributed by atoms with Gasteiger partial charge in [-0.25, -0.2) is 4.79 Å². The van der Waals surface area contributed by atoms with Crippen LogP contribution in [0.4, 0.5) is 0 Å². The molecule has 4 aromatic rings. The summed E-state index contributed by atoms with van der Waals surface area (Å²) in [5.74, 6) is 1.63. The molecule has 0 saturated carbocycles. The first-order chi connectivity index (χ1) is 16.2. The third-order valence-corrected chi connectivity index (χ3v) is 5.97. The number of nitrogens with one attached hydrogen (secondary N) is 1. The lowest BCUT2D eigenvalue weighted by atomic mass is 10.0. The highest BCUT2D eigenvalue weighted by atomic mass is 32.1. The third-order valence-electron chi connectivity index (χ3n) is 5.62. The second-order valence-electron chi connectivity index (χ2n) is 7.57. The Labute approximate surface area is 196 Å². The molecule has 8 heteroatoms. The molecule has 0 aliphatic carbocycles. The molecule has 1 saturated heterocycles. The molecule has 0 bridgehead atoms. The molecule has 1 N–H and O–H groups in total. The summed E-state index contributed by atoms with van der Waals surface area (Å²) in [5, 5.41) is 3.97. The van der Waals surface area contributed by atoms with Crippen LogP contribution < -0.4 is 5.32 Å². The van der Waals surface area contributed by atoms with Gasteiger partial charge in [0.15, 0.2) is 5.11 Å². The summed E-state index contributed by atoms with van der Waals surface area (Å²) in [6.45, 7) is 0.474. The molecule has 2 atom stereocenters. The van der Waals surface area contributed by atoms with Gasteiger partial charge in [-0.2, -0.15) is 0 Å². The van der Waals surface area contributed by atoms with Crippen molar-refractivity contribution >= 4 is 23.3 Å². The topological polar surface area (TPSA) is 80.7 Å². The molecule has 4 heterocycles. The van der Waals surface area contributed by atoms with Gasteiger partial charge in [0.1, 0.15) is 23.3 Å². The van der Waals surface area contributed by atoms with Crippen molar-refractivity contribution < 1.29 is 18.4 Å². The minimum absolute atomic E-state index is 0.219. The van der Waals surface area contributed by atoms with Crippen molar-refractivity contribution in [3.63, 3.8) is 0 Å². The zero-order valence-electron chi connectivity index (χ0n) is 17.8. The number of pyridine rings is 1. The highest BCUT2D eigenvalue weighted by molar-refractivity contribution is 7.80. The average Bonchev–Trinajstić information content (AvgIpc) is 3.61. The fraction of sp³-hybridized carbons (Fsp3) is 0.160. The van der Waals surface area contributed by atoms with Crippen LogP contribution in [0.25, 0.3) is 11.3 Å². The van der Waals surface area contributed by atoms with E-state index in [9.17, 15) is 4.79 Å². The Hall–Kier alpha value is -3.91. The summed E-state index contributed by atoms with van der Waals surface area (Å²) in [6.07, 6.45) is 3.40. The van der Waals surface area contributed by atoms with Gasteiger partial charge in [-0.1, -0.05) is 24.3 Å². The molecule has 1 aliphatic rings. The highest BCUT2D eigenvalue weighted by Gasteiger charge is 2.42. The number of esters is 1. The lowest BCUT2D eigenvalue weighted by Crippen LogP contribution is -2.28. The monoisotopic (exact) mass is 459 g/mol. The first-order valence-electron chi connectivity index (χ1n) is 10.4. The number of rotatable bonds is 6. The number of methoxy groups -OCH3 is 1. The van der Waals surface area contributed by atoms with E-state index in [2.05, 4.69) is 10.3 Å². The quantitative estimate of drug-likeness (QED) is 0.322. The Kier molecular flexibility index (Phi) is 5.66. The number of thiocarbonyl (C=S) groups is 1. The summed E-state index contributed by atoms with van der Waals surface area (Å²) >= 11 is 5.68. The normalized spacial score (nSPS) is 17.7. The summed E-state index contributed by atoms with van der Waals surface area (Å²) in [6, 6.07) is 20.0. The van der Waals surface area contributed by atoms with Gasteiger partial charge in [0, 0.05) is 11.8 Å². The van der Waals surface area contributed by atoms with Crippen molar-refractivity contribution in [3.8, 4) is 11.3 Å². The molecule has 0 radical (unpaired) electrons. The van der Waals surface area contributed by atoms with Crippen molar-refractivity contribution in [1.82, 2.24) is 15.2 Å². The van der Waals surface area contributed by atoms with E-state index in [0.29, 0.717) is 34.3 Å². The summed E-state index contributed by atoms with van der Waals surface area (Å²) < 4.78 is 16.8. The summed E-state index contributed by atoms with van der Waals surface area (Å²) in [7, 11) is 1.36. The van der Waals surface area contributed by atoms with Crippen molar-refractivity contribution in [2.24, 2.45) is 0 Å². The number of carbonyl (C=O) groups is 1. The molecule has 7 nitrogen and oxygen atoms in total. The number of aromatic nitrogens is 1. The number of hydrogen-bond acceptors (Lipinski definition) is 6. The van der Waals surface area contributed by atoms with Crippen LogP contribution in [-0.4, -0.2) is 28.1 Å². The number of furan rings is 2. The minimum Gasteiger partial charge on any atom is -0.467 e. The van der Waals surface area contributed by atoms with Gasteiger partial charge in [0.25, 0.3) is 0 Å². The van der Waals surface area contributed by atoms with E-state index in [1.807, 2.05) is 59.5 Å². The van der Waals surface area contributed by atoms with E-state index >= 15 is 0 Å². The molecule has 0 spiro atoms. The molecule has 33 heavy (non-hydrogen) atoms. The van der Waals surface area contributed by atoms with Crippen molar-refractivity contribution in [3.05, 3.63) is 102 Å². The SMILES string of the molecule is COC(=O)c1ccccc1-c1ccc([C@H]2[C@H](c3ccccn3)NC(=S)N2Cc2ccco2)o1. The molecule has 5 rings (SSSR count).